The number of nitrogens with zero attached hydrogens (tertiary/aromatic N) is 2. The van der Waals surface area contributed by atoms with Crippen molar-refractivity contribution in [1.29, 1.82) is 0 Å². The fourth-order valence-corrected chi connectivity index (χ4v) is 1.95. The van der Waals surface area contributed by atoms with Gasteiger partial charge in [-0.25, -0.2) is 4.68 Å². The van der Waals surface area contributed by atoms with Gasteiger partial charge in [-0.05, 0) is 0 Å². The van der Waals surface area contributed by atoms with Gasteiger partial charge in [-0.1, -0.05) is 11.8 Å². The summed E-state index contributed by atoms with van der Waals surface area (Å²) in [6.07, 6.45) is 0. The second-order valence-corrected chi connectivity index (χ2v) is 3.14. The first kappa shape index (κ1) is 6.53. The molecule has 2 rings (SSSR count). The van der Waals surface area contributed by atoms with Crippen molar-refractivity contribution in [1.82, 2.24) is 9.78 Å². The Kier molecular flexibility index (Phi) is 1.14. The molecule has 58 valence electrons. The molecule has 1 aromatic rings. The van der Waals surface area contributed by atoms with Gasteiger partial charge in [0.05, 0.1) is 5.88 Å². The van der Waals surface area contributed by atoms with Gasteiger partial charge >= 0.3 is 0 Å². The van der Waals surface area contributed by atoms with Crippen LogP contribution in [-0.4, -0.2) is 15.7 Å². The highest BCUT2D eigenvalue weighted by Gasteiger charge is 2.25. The van der Waals surface area contributed by atoms with Crippen molar-refractivity contribution < 1.29 is 4.79 Å². The molecule has 1 aliphatic heterocycles. The molecule has 0 saturated heterocycles. The number of hydrogen-bond acceptors (Lipinski definition) is 4. The van der Waals surface area contributed by atoms with Crippen molar-refractivity contribution in [3.05, 3.63) is 5.56 Å². The van der Waals surface area contributed by atoms with Gasteiger partial charge in [-0.2, -0.15) is 5.10 Å². The third-order valence-corrected chi connectivity index (χ3v) is 2.46. The van der Waals surface area contributed by atoms with E-state index in [9.17, 15) is 4.79 Å². The Morgan fingerprint density at radius 2 is 2.45 bits per heavy atom. The van der Waals surface area contributed by atoms with E-state index in [2.05, 4.69) is 5.10 Å². The fourth-order valence-electron chi connectivity index (χ4n) is 1.01. The summed E-state index contributed by atoms with van der Waals surface area (Å²) in [6, 6.07) is 0. The molecule has 4 N–H and O–H groups in total. The molecule has 1 aliphatic rings. The summed E-state index contributed by atoms with van der Waals surface area (Å²) in [5.41, 5.74) is 11.0. The standard InChI is InChI=1S/C5H6N4OS/c6-3-2(4(7)10)5-8-9(3)1-11-5/h1,6H2,(H2,7,10). The normalized spacial score (nSPS) is 13.8. The van der Waals surface area contributed by atoms with E-state index in [-0.39, 0.29) is 0 Å². The first-order chi connectivity index (χ1) is 5.20. The molecule has 0 fully saturated rings. The molecule has 0 saturated carbocycles. The average molecular weight is 170 g/mol. The number of rotatable bonds is 1. The van der Waals surface area contributed by atoms with Crippen LogP contribution in [0.4, 0.5) is 5.82 Å². The maximum Gasteiger partial charge on any atom is 0.255 e. The van der Waals surface area contributed by atoms with Crippen LogP contribution < -0.4 is 11.5 Å². The van der Waals surface area contributed by atoms with Gasteiger partial charge in [-0.15, -0.1) is 0 Å². The fraction of sp³-hybridized carbons (Fsp3) is 0.200. The van der Waals surface area contributed by atoms with Crippen LogP contribution in [0.2, 0.25) is 0 Å². The van der Waals surface area contributed by atoms with Gasteiger partial charge in [0, 0.05) is 0 Å². The Bertz CT molecular complexity index is 331. The largest absolute Gasteiger partial charge is 0.383 e. The Morgan fingerprint density at radius 3 is 2.82 bits per heavy atom. The molecule has 0 aliphatic carbocycles. The number of primary amides is 1. The zero-order valence-corrected chi connectivity index (χ0v) is 6.39. The zero-order valence-electron chi connectivity index (χ0n) is 5.57. The molecule has 0 spiro atoms. The average Bonchev–Trinajstić information content (AvgIpc) is 2.44. The number of fused-ring (bicyclic) bond motifs is 2. The first-order valence-corrected chi connectivity index (χ1v) is 3.97. The lowest BCUT2D eigenvalue weighted by molar-refractivity contribution is 0.0998. The highest BCUT2D eigenvalue weighted by molar-refractivity contribution is 7.98. The number of carbonyl (C=O) groups excluding carboxylic acids is 1. The minimum atomic E-state index is -0.504. The number of aromatic nitrogens is 2. The zero-order chi connectivity index (χ0) is 8.01. The van der Waals surface area contributed by atoms with E-state index in [1.165, 1.54) is 11.8 Å². The molecule has 0 unspecified atom stereocenters. The Labute approximate surface area is 66.7 Å². The lowest BCUT2D eigenvalue weighted by Gasteiger charge is -2.03. The summed E-state index contributed by atoms with van der Waals surface area (Å²) >= 11 is 1.47. The molecule has 6 heteroatoms. The third kappa shape index (κ3) is 0.725. The summed E-state index contributed by atoms with van der Waals surface area (Å²) in [4.78, 5) is 10.8. The summed E-state index contributed by atoms with van der Waals surface area (Å²) in [5.74, 6) is 0.569. The number of thioether (sulfide) groups is 1. The van der Waals surface area contributed by atoms with Crippen molar-refractivity contribution in [2.24, 2.45) is 5.73 Å². The molecule has 1 amide bonds. The molecular formula is C5H6N4OS. The van der Waals surface area contributed by atoms with Gasteiger partial charge in [-0.3, -0.25) is 4.79 Å². The molecular weight excluding hydrogens is 164 g/mol. The van der Waals surface area contributed by atoms with Crippen LogP contribution >= 0.6 is 11.8 Å². The number of anilines is 1. The molecule has 2 heterocycles. The molecule has 0 aromatic carbocycles. The minimum Gasteiger partial charge on any atom is -0.383 e. The van der Waals surface area contributed by atoms with Crippen molar-refractivity contribution in [2.45, 2.75) is 10.9 Å². The number of nitrogens with two attached hydrogens (primary N) is 2. The van der Waals surface area contributed by atoms with Crippen molar-refractivity contribution in [2.75, 3.05) is 5.73 Å². The summed E-state index contributed by atoms with van der Waals surface area (Å²) in [6.45, 7) is 0. The SMILES string of the molecule is NC(=O)c1c2nn(c1N)CS2. The lowest BCUT2D eigenvalue weighted by atomic mass is 10.3. The Morgan fingerprint density at radius 1 is 1.73 bits per heavy atom. The van der Waals surface area contributed by atoms with E-state index in [0.29, 0.717) is 22.3 Å². The summed E-state index contributed by atoms with van der Waals surface area (Å²) in [5, 5.41) is 4.64. The second kappa shape index (κ2) is 1.91. The van der Waals surface area contributed by atoms with Crippen LogP contribution in [0.3, 0.4) is 0 Å². The van der Waals surface area contributed by atoms with Gasteiger partial charge in [0.1, 0.15) is 16.4 Å². The minimum absolute atomic E-state index is 0.362. The van der Waals surface area contributed by atoms with Crippen LogP contribution in [0, 0.1) is 0 Å². The van der Waals surface area contributed by atoms with Crippen molar-refractivity contribution >= 4 is 23.5 Å². The van der Waals surface area contributed by atoms with Crippen LogP contribution in [-0.2, 0) is 5.88 Å². The third-order valence-electron chi connectivity index (χ3n) is 1.53. The van der Waals surface area contributed by atoms with Gasteiger partial charge < -0.3 is 11.5 Å². The van der Waals surface area contributed by atoms with E-state index < -0.39 is 5.91 Å². The molecule has 2 bridgehead atoms. The molecule has 5 nitrogen and oxygen atoms in total. The highest BCUT2D eigenvalue weighted by Crippen LogP contribution is 2.33. The van der Waals surface area contributed by atoms with E-state index in [4.69, 9.17) is 11.5 Å². The predicted octanol–water partition coefficient (Wildman–Crippen LogP) is -0.373. The number of hydrogen-bond donors (Lipinski definition) is 2. The molecule has 0 atom stereocenters. The second-order valence-electron chi connectivity index (χ2n) is 2.20. The van der Waals surface area contributed by atoms with Crippen molar-refractivity contribution in [3.8, 4) is 0 Å². The molecule has 1 aromatic heterocycles. The van der Waals surface area contributed by atoms with Gasteiger partial charge in [0.2, 0.25) is 0 Å². The monoisotopic (exact) mass is 170 g/mol. The maximum absolute atomic E-state index is 10.8. The lowest BCUT2D eigenvalue weighted by Crippen LogP contribution is -2.15. The van der Waals surface area contributed by atoms with Crippen LogP contribution in [0.5, 0.6) is 0 Å². The van der Waals surface area contributed by atoms with Gasteiger partial charge in [0.25, 0.3) is 5.91 Å². The number of nitrogen functional groups attached to an aromatic ring is 1. The first-order valence-electron chi connectivity index (χ1n) is 2.99. The Balaban J connectivity index is 2.63. The van der Waals surface area contributed by atoms with Gasteiger partial charge in [0.15, 0.2) is 0 Å². The van der Waals surface area contributed by atoms with Crippen LogP contribution in [0.15, 0.2) is 5.03 Å². The van der Waals surface area contributed by atoms with Crippen LogP contribution in [0.1, 0.15) is 10.4 Å². The number of carbonyl (C=O) groups is 1. The number of amides is 1. The smallest absolute Gasteiger partial charge is 0.255 e. The maximum atomic E-state index is 10.8. The van der Waals surface area contributed by atoms with E-state index in [1.807, 2.05) is 0 Å². The van der Waals surface area contributed by atoms with E-state index in [1.54, 1.807) is 4.68 Å². The topological polar surface area (TPSA) is 86.9 Å². The van der Waals surface area contributed by atoms with Crippen molar-refractivity contribution in [3.63, 3.8) is 0 Å². The summed E-state index contributed by atoms with van der Waals surface area (Å²) in [7, 11) is 0. The summed E-state index contributed by atoms with van der Waals surface area (Å²) < 4.78 is 1.57. The molecule has 11 heavy (non-hydrogen) atoms. The van der Waals surface area contributed by atoms with Crippen LogP contribution in [0.25, 0.3) is 0 Å². The quantitative estimate of drug-likeness (QED) is 0.601. The highest BCUT2D eigenvalue weighted by atomic mass is 32.2. The van der Waals surface area contributed by atoms with E-state index in [0.717, 1.165) is 0 Å². The predicted molar refractivity (Wildman–Crippen MR) is 41.0 cm³/mol. The molecule has 0 radical (unpaired) electrons. The Hall–Kier alpha value is -1.17. The van der Waals surface area contributed by atoms with E-state index >= 15 is 0 Å².